The first-order valence-corrected chi connectivity index (χ1v) is 10.8. The molecule has 2 heterocycles. The maximum absolute atomic E-state index is 12.9. The second kappa shape index (κ2) is 8.57. The first kappa shape index (κ1) is 20.1. The Hall–Kier alpha value is -0.650. The van der Waals surface area contributed by atoms with Gasteiger partial charge in [-0.1, -0.05) is 0 Å². The number of carbonyl (C=O) groups is 1. The Labute approximate surface area is 160 Å². The molecule has 2 saturated heterocycles. The number of carbonyl (C=O) groups excluding carboxylic acids is 1. The molecule has 0 aromatic carbocycles. The van der Waals surface area contributed by atoms with Crippen molar-refractivity contribution in [3.8, 4) is 0 Å². The zero-order chi connectivity index (χ0) is 18.7. The molecule has 1 aliphatic carbocycles. The predicted molar refractivity (Wildman–Crippen MR) is 105 cm³/mol. The van der Waals surface area contributed by atoms with Crippen molar-refractivity contribution < 1.29 is 9.53 Å². The molecule has 5 nitrogen and oxygen atoms in total. The van der Waals surface area contributed by atoms with Gasteiger partial charge in [-0.15, -0.1) is 0 Å². The number of amides is 1. The van der Waals surface area contributed by atoms with Crippen LogP contribution in [-0.2, 0) is 9.53 Å². The van der Waals surface area contributed by atoms with Crippen molar-refractivity contribution >= 4 is 5.91 Å². The van der Waals surface area contributed by atoms with Crippen molar-refractivity contribution in [1.82, 2.24) is 14.7 Å². The summed E-state index contributed by atoms with van der Waals surface area (Å²) in [4.78, 5) is 20.1. The van der Waals surface area contributed by atoms with Crippen molar-refractivity contribution in [3.05, 3.63) is 0 Å². The molecule has 0 aromatic heterocycles. The minimum atomic E-state index is 0.249. The van der Waals surface area contributed by atoms with Gasteiger partial charge < -0.3 is 14.5 Å². The summed E-state index contributed by atoms with van der Waals surface area (Å²) in [5.41, 5.74) is 0.411. The summed E-state index contributed by atoms with van der Waals surface area (Å²) in [5, 5.41) is 0. The molecule has 3 rings (SSSR count). The molecule has 0 aromatic rings. The summed E-state index contributed by atoms with van der Waals surface area (Å²) in [7, 11) is 0. The second-order valence-electron chi connectivity index (χ2n) is 9.37. The summed E-state index contributed by atoms with van der Waals surface area (Å²) in [5.74, 6) is 0.663. The molecule has 3 aliphatic rings. The number of nitrogens with zero attached hydrogens (tertiary/aromatic N) is 3. The summed E-state index contributed by atoms with van der Waals surface area (Å²) in [6, 6.07) is 0.588. The maximum atomic E-state index is 12.9. The lowest BCUT2D eigenvalue weighted by Gasteiger charge is -2.40. The van der Waals surface area contributed by atoms with Gasteiger partial charge >= 0.3 is 0 Å². The number of likely N-dealkylation sites (tertiary alicyclic amines) is 1. The van der Waals surface area contributed by atoms with Crippen LogP contribution in [0.15, 0.2) is 0 Å². The molecule has 0 bridgehead atoms. The molecule has 0 spiro atoms. The first-order valence-electron chi connectivity index (χ1n) is 10.8. The van der Waals surface area contributed by atoms with Gasteiger partial charge in [-0.25, -0.2) is 0 Å². The van der Waals surface area contributed by atoms with E-state index in [2.05, 4.69) is 42.4 Å². The van der Waals surface area contributed by atoms with Crippen molar-refractivity contribution in [2.75, 3.05) is 52.4 Å². The van der Waals surface area contributed by atoms with E-state index in [4.69, 9.17) is 4.74 Å². The molecule has 1 amide bonds. The fraction of sp³-hybridized carbons (Fsp3) is 0.952. The van der Waals surface area contributed by atoms with Gasteiger partial charge in [-0.2, -0.15) is 0 Å². The van der Waals surface area contributed by atoms with Crippen molar-refractivity contribution in [1.29, 1.82) is 0 Å². The molecule has 2 aliphatic heterocycles. The summed E-state index contributed by atoms with van der Waals surface area (Å²) < 4.78 is 5.88. The quantitative estimate of drug-likeness (QED) is 0.694. The largest absolute Gasteiger partial charge is 0.378 e. The van der Waals surface area contributed by atoms with Gasteiger partial charge in [0.25, 0.3) is 0 Å². The van der Waals surface area contributed by atoms with Crippen LogP contribution in [0.5, 0.6) is 0 Å². The topological polar surface area (TPSA) is 36.0 Å². The van der Waals surface area contributed by atoms with Gasteiger partial charge in [-0.3, -0.25) is 9.69 Å². The highest BCUT2D eigenvalue weighted by molar-refractivity contribution is 5.79. The van der Waals surface area contributed by atoms with Crippen LogP contribution in [0.25, 0.3) is 0 Å². The van der Waals surface area contributed by atoms with Crippen LogP contribution in [-0.4, -0.2) is 85.2 Å². The third-order valence-corrected chi connectivity index (χ3v) is 6.53. The van der Waals surface area contributed by atoms with Crippen molar-refractivity contribution in [3.63, 3.8) is 0 Å². The number of hydrogen-bond acceptors (Lipinski definition) is 4. The maximum Gasteiger partial charge on any atom is 0.225 e. The van der Waals surface area contributed by atoms with Crippen LogP contribution in [0.2, 0.25) is 0 Å². The van der Waals surface area contributed by atoms with Crippen molar-refractivity contribution in [2.45, 2.75) is 65.5 Å². The average molecular weight is 366 g/mol. The highest BCUT2D eigenvalue weighted by Gasteiger charge is 2.45. The normalized spacial score (nSPS) is 25.2. The van der Waals surface area contributed by atoms with E-state index in [9.17, 15) is 4.79 Å². The summed E-state index contributed by atoms with van der Waals surface area (Å²) >= 11 is 0. The smallest absolute Gasteiger partial charge is 0.225 e. The zero-order valence-corrected chi connectivity index (χ0v) is 17.4. The van der Waals surface area contributed by atoms with Crippen LogP contribution in [0.4, 0.5) is 0 Å². The van der Waals surface area contributed by atoms with E-state index >= 15 is 0 Å². The van der Waals surface area contributed by atoms with E-state index in [1.807, 2.05) is 0 Å². The predicted octanol–water partition coefficient (Wildman–Crippen LogP) is 2.46. The fourth-order valence-corrected chi connectivity index (χ4v) is 4.40. The van der Waals surface area contributed by atoms with Gasteiger partial charge in [0.15, 0.2) is 0 Å². The van der Waals surface area contributed by atoms with Gasteiger partial charge in [0.05, 0.1) is 12.7 Å². The van der Waals surface area contributed by atoms with Gasteiger partial charge in [0, 0.05) is 50.1 Å². The molecule has 5 heteroatoms. The molecule has 150 valence electrons. The molecule has 0 atom stereocenters. The monoisotopic (exact) mass is 365 g/mol. The van der Waals surface area contributed by atoms with Gasteiger partial charge in [0.2, 0.25) is 5.91 Å². The van der Waals surface area contributed by atoms with Crippen LogP contribution in [0.3, 0.4) is 0 Å². The van der Waals surface area contributed by atoms with Crippen LogP contribution >= 0.6 is 0 Å². The second-order valence-corrected chi connectivity index (χ2v) is 9.37. The number of piperazine rings is 1. The highest BCUT2D eigenvalue weighted by Crippen LogP contribution is 2.47. The molecule has 3 fully saturated rings. The third-order valence-electron chi connectivity index (χ3n) is 6.53. The van der Waals surface area contributed by atoms with E-state index in [0.29, 0.717) is 23.5 Å². The number of rotatable bonds is 7. The molecular formula is C21H39N3O2. The Morgan fingerprint density at radius 3 is 2.12 bits per heavy atom. The fourth-order valence-electron chi connectivity index (χ4n) is 4.40. The Bertz CT molecular complexity index is 460. The standard InChI is InChI=1S/C21H39N3O2/c1-17(2)23-11-13-24(14-12-23)20(25)19-5-9-22(10-6-19)15-21(7-8-21)16-26-18(3)4/h17-19H,5-16H2,1-4H3. The molecule has 1 saturated carbocycles. The van der Waals surface area contributed by atoms with E-state index in [1.54, 1.807) is 0 Å². The van der Waals surface area contributed by atoms with Crippen LogP contribution in [0, 0.1) is 11.3 Å². The van der Waals surface area contributed by atoms with E-state index < -0.39 is 0 Å². The minimum absolute atomic E-state index is 0.249. The summed E-state index contributed by atoms with van der Waals surface area (Å²) in [6.07, 6.45) is 5.00. The molecule has 0 unspecified atom stereocenters. The number of hydrogen-bond donors (Lipinski definition) is 0. The minimum Gasteiger partial charge on any atom is -0.378 e. The zero-order valence-electron chi connectivity index (χ0n) is 17.4. The number of piperidine rings is 1. The molecular weight excluding hydrogens is 326 g/mol. The molecule has 0 radical (unpaired) electrons. The Balaban J connectivity index is 1.39. The SMILES string of the molecule is CC(C)OCC1(CN2CCC(C(=O)N3CCN(C(C)C)CC3)CC2)CC1. The number of ether oxygens (including phenoxy) is 1. The Morgan fingerprint density at radius 1 is 1.00 bits per heavy atom. The molecule has 0 N–H and O–H groups in total. The van der Waals surface area contributed by atoms with Crippen molar-refractivity contribution in [2.24, 2.45) is 11.3 Å². The Morgan fingerprint density at radius 2 is 1.62 bits per heavy atom. The van der Waals surface area contributed by atoms with Gasteiger partial charge in [-0.05, 0) is 66.5 Å². The lowest BCUT2D eigenvalue weighted by atomic mass is 9.94. The Kier molecular flexibility index (Phi) is 6.63. The van der Waals surface area contributed by atoms with E-state index in [0.717, 1.165) is 65.3 Å². The van der Waals surface area contributed by atoms with E-state index in [-0.39, 0.29) is 5.92 Å². The van der Waals surface area contributed by atoms with Crippen LogP contribution < -0.4 is 0 Å². The van der Waals surface area contributed by atoms with Gasteiger partial charge in [0.1, 0.15) is 0 Å². The van der Waals surface area contributed by atoms with E-state index in [1.165, 1.54) is 12.8 Å². The average Bonchev–Trinajstić information content (AvgIpc) is 3.40. The lowest BCUT2D eigenvalue weighted by molar-refractivity contribution is -0.139. The highest BCUT2D eigenvalue weighted by atomic mass is 16.5. The summed E-state index contributed by atoms with van der Waals surface area (Å²) in [6.45, 7) is 16.8. The first-order chi connectivity index (χ1) is 12.4. The lowest BCUT2D eigenvalue weighted by Crippen LogP contribution is -2.53. The molecule has 26 heavy (non-hydrogen) atoms. The van der Waals surface area contributed by atoms with Crippen LogP contribution in [0.1, 0.15) is 53.4 Å². The third kappa shape index (κ3) is 5.20.